The van der Waals surface area contributed by atoms with E-state index in [0.29, 0.717) is 17.6 Å². The van der Waals surface area contributed by atoms with Gasteiger partial charge in [0.15, 0.2) is 5.78 Å². The lowest BCUT2D eigenvalue weighted by atomic mass is 9.73. The number of pyridine rings is 1. The van der Waals surface area contributed by atoms with Gasteiger partial charge in [-0.15, -0.1) is 0 Å². The Labute approximate surface area is 187 Å². The average Bonchev–Trinajstić information content (AvgIpc) is 2.93. The average molecular weight is 424 g/mol. The highest BCUT2D eigenvalue weighted by atomic mass is 16.2. The minimum Gasteiger partial charge on any atom is -0.357 e. The second kappa shape index (κ2) is 7.75. The first-order valence-corrected chi connectivity index (χ1v) is 10.9. The molecule has 0 bridgehead atoms. The monoisotopic (exact) mass is 423 g/mol. The van der Waals surface area contributed by atoms with E-state index in [1.165, 1.54) is 0 Å². The van der Waals surface area contributed by atoms with Gasteiger partial charge in [-0.3, -0.25) is 19.5 Å². The summed E-state index contributed by atoms with van der Waals surface area (Å²) in [5.74, 6) is -0.0867. The Kier molecular flexibility index (Phi) is 4.89. The summed E-state index contributed by atoms with van der Waals surface area (Å²) >= 11 is 0. The summed E-state index contributed by atoms with van der Waals surface area (Å²) < 4.78 is 0. The quantitative estimate of drug-likeness (QED) is 0.588. The number of hydrogen-bond acceptors (Lipinski definition) is 4. The molecule has 3 aromatic rings. The molecule has 1 aliphatic carbocycles. The number of fused-ring (bicyclic) bond motifs is 1. The van der Waals surface area contributed by atoms with E-state index < -0.39 is 6.04 Å². The molecular formula is C27H25N3O2. The Morgan fingerprint density at radius 1 is 1.00 bits per heavy atom. The van der Waals surface area contributed by atoms with Crippen molar-refractivity contribution in [3.05, 3.63) is 102 Å². The van der Waals surface area contributed by atoms with Crippen LogP contribution in [0.2, 0.25) is 0 Å². The molecule has 5 heteroatoms. The summed E-state index contributed by atoms with van der Waals surface area (Å²) in [6, 6.07) is 20.2. The molecule has 2 heterocycles. The van der Waals surface area contributed by atoms with Crippen molar-refractivity contribution in [3.8, 4) is 0 Å². The van der Waals surface area contributed by atoms with Gasteiger partial charge >= 0.3 is 0 Å². The van der Waals surface area contributed by atoms with Gasteiger partial charge in [0.2, 0.25) is 0 Å². The largest absolute Gasteiger partial charge is 0.357 e. The first-order chi connectivity index (χ1) is 15.4. The molecule has 0 saturated carbocycles. The van der Waals surface area contributed by atoms with E-state index in [-0.39, 0.29) is 17.1 Å². The third-order valence-corrected chi connectivity index (χ3v) is 6.14. The van der Waals surface area contributed by atoms with Crippen molar-refractivity contribution in [2.45, 2.75) is 32.7 Å². The Bertz CT molecular complexity index is 1220. The maximum absolute atomic E-state index is 14.0. The van der Waals surface area contributed by atoms with E-state index in [1.54, 1.807) is 17.3 Å². The van der Waals surface area contributed by atoms with Crippen molar-refractivity contribution in [2.24, 2.45) is 5.41 Å². The van der Waals surface area contributed by atoms with Crippen LogP contribution >= 0.6 is 0 Å². The molecule has 2 aliphatic rings. The van der Waals surface area contributed by atoms with Crippen molar-refractivity contribution in [1.29, 1.82) is 0 Å². The van der Waals surface area contributed by atoms with Crippen LogP contribution in [0.25, 0.3) is 0 Å². The van der Waals surface area contributed by atoms with Crippen LogP contribution in [-0.2, 0) is 4.79 Å². The maximum Gasteiger partial charge on any atom is 0.259 e. The third-order valence-electron chi connectivity index (χ3n) is 6.14. The second-order valence-electron chi connectivity index (χ2n) is 9.21. The van der Waals surface area contributed by atoms with Gasteiger partial charge in [0, 0.05) is 35.6 Å². The van der Waals surface area contributed by atoms with Gasteiger partial charge in [0.1, 0.15) is 0 Å². The molecule has 0 saturated heterocycles. The fourth-order valence-corrected chi connectivity index (χ4v) is 4.78. The molecule has 1 aromatic heterocycles. The zero-order chi connectivity index (χ0) is 22.3. The van der Waals surface area contributed by atoms with Gasteiger partial charge in [0.05, 0.1) is 17.4 Å². The van der Waals surface area contributed by atoms with E-state index in [9.17, 15) is 9.59 Å². The van der Waals surface area contributed by atoms with Gasteiger partial charge < -0.3 is 5.32 Å². The molecule has 1 amide bonds. The van der Waals surface area contributed by atoms with Gasteiger partial charge in [0.25, 0.3) is 5.91 Å². The number of para-hydroxylation sites is 2. The maximum atomic E-state index is 14.0. The van der Waals surface area contributed by atoms with Crippen LogP contribution in [-0.4, -0.2) is 16.7 Å². The first-order valence-electron chi connectivity index (χ1n) is 10.9. The number of carbonyl (C=O) groups excluding carboxylic acids is 2. The van der Waals surface area contributed by atoms with Gasteiger partial charge in [-0.2, -0.15) is 0 Å². The molecule has 1 atom stereocenters. The Balaban J connectivity index is 1.79. The molecule has 1 aliphatic heterocycles. The smallest absolute Gasteiger partial charge is 0.259 e. The topological polar surface area (TPSA) is 62.3 Å². The fraction of sp³-hybridized carbons (Fsp3) is 0.222. The van der Waals surface area contributed by atoms with E-state index in [1.807, 2.05) is 66.7 Å². The molecule has 2 aromatic carbocycles. The predicted octanol–water partition coefficient (Wildman–Crippen LogP) is 5.54. The third kappa shape index (κ3) is 3.50. The number of ketones is 1. The molecule has 0 fully saturated rings. The molecule has 5 nitrogen and oxygen atoms in total. The summed E-state index contributed by atoms with van der Waals surface area (Å²) in [6.45, 7) is 4.22. The number of benzene rings is 2. The standard InChI is InChI=1S/C27H25N3O2/c1-27(2)15-21-24(23(31)16-27)25(19-11-8-14-28-17-19)30(22-13-7-6-12-20(22)29-21)26(32)18-9-4-3-5-10-18/h3-14,17,25,29H,15-16H2,1-2H3. The first kappa shape index (κ1) is 20.2. The minimum atomic E-state index is -0.564. The molecule has 160 valence electrons. The fourth-order valence-electron chi connectivity index (χ4n) is 4.78. The molecular weight excluding hydrogens is 398 g/mol. The van der Waals surface area contributed by atoms with Crippen LogP contribution < -0.4 is 10.2 Å². The molecule has 32 heavy (non-hydrogen) atoms. The Morgan fingerprint density at radius 2 is 1.75 bits per heavy atom. The summed E-state index contributed by atoms with van der Waals surface area (Å²) in [7, 11) is 0. The van der Waals surface area contributed by atoms with Crippen LogP contribution in [0.15, 0.2) is 90.4 Å². The highest BCUT2D eigenvalue weighted by Crippen LogP contribution is 2.48. The van der Waals surface area contributed by atoms with Crippen LogP contribution in [0.3, 0.4) is 0 Å². The number of allylic oxidation sites excluding steroid dienone is 1. The normalized spacial score (nSPS) is 19.5. The number of nitrogens with one attached hydrogen (secondary N) is 1. The molecule has 1 unspecified atom stereocenters. The van der Waals surface area contributed by atoms with Gasteiger partial charge in [-0.25, -0.2) is 0 Å². The van der Waals surface area contributed by atoms with Crippen molar-refractivity contribution in [3.63, 3.8) is 0 Å². The predicted molar refractivity (Wildman–Crippen MR) is 125 cm³/mol. The van der Waals surface area contributed by atoms with Crippen molar-refractivity contribution >= 4 is 23.1 Å². The molecule has 0 radical (unpaired) electrons. The number of aromatic nitrogens is 1. The molecule has 1 N–H and O–H groups in total. The summed E-state index contributed by atoms with van der Waals surface area (Å²) in [6.07, 6.45) is 4.62. The summed E-state index contributed by atoms with van der Waals surface area (Å²) in [5.41, 5.74) is 4.33. The van der Waals surface area contributed by atoms with Crippen LogP contribution in [0.1, 0.15) is 48.7 Å². The van der Waals surface area contributed by atoms with Crippen LogP contribution in [0.4, 0.5) is 11.4 Å². The highest BCUT2D eigenvalue weighted by Gasteiger charge is 2.43. The van der Waals surface area contributed by atoms with Crippen molar-refractivity contribution < 1.29 is 9.59 Å². The van der Waals surface area contributed by atoms with Gasteiger partial charge in [-0.05, 0) is 47.7 Å². The number of carbonyl (C=O) groups is 2. The highest BCUT2D eigenvalue weighted by molar-refractivity contribution is 6.12. The lowest BCUT2D eigenvalue weighted by Gasteiger charge is -2.37. The number of rotatable bonds is 2. The summed E-state index contributed by atoms with van der Waals surface area (Å²) in [5, 5.41) is 3.53. The van der Waals surface area contributed by atoms with E-state index >= 15 is 0 Å². The SMILES string of the molecule is CC1(C)CC(=O)C2=C(C1)Nc1ccccc1N(C(=O)c1ccccc1)C2c1cccnc1. The van der Waals surface area contributed by atoms with Gasteiger partial charge in [-0.1, -0.05) is 50.2 Å². The number of Topliss-reactive ketones (excluding diaryl/α,β-unsaturated/α-hetero) is 1. The van der Waals surface area contributed by atoms with Crippen molar-refractivity contribution in [2.75, 3.05) is 10.2 Å². The minimum absolute atomic E-state index is 0.0660. The Hall–Kier alpha value is -3.73. The zero-order valence-corrected chi connectivity index (χ0v) is 18.2. The lowest BCUT2D eigenvalue weighted by Crippen LogP contribution is -2.39. The van der Waals surface area contributed by atoms with E-state index in [2.05, 4.69) is 24.1 Å². The molecule has 5 rings (SSSR count). The number of anilines is 2. The Morgan fingerprint density at radius 3 is 2.50 bits per heavy atom. The lowest BCUT2D eigenvalue weighted by molar-refractivity contribution is -0.118. The van der Waals surface area contributed by atoms with E-state index in [4.69, 9.17) is 0 Å². The summed E-state index contributed by atoms with van der Waals surface area (Å²) in [4.78, 5) is 33.6. The van der Waals surface area contributed by atoms with Crippen molar-refractivity contribution in [1.82, 2.24) is 4.98 Å². The van der Waals surface area contributed by atoms with Crippen LogP contribution in [0, 0.1) is 5.41 Å². The van der Waals surface area contributed by atoms with E-state index in [0.717, 1.165) is 29.1 Å². The number of amides is 1. The second-order valence-corrected chi connectivity index (χ2v) is 9.21. The molecule has 0 spiro atoms. The number of nitrogens with zero attached hydrogens (tertiary/aromatic N) is 2. The zero-order valence-electron chi connectivity index (χ0n) is 18.2. The van der Waals surface area contributed by atoms with Crippen LogP contribution in [0.5, 0.6) is 0 Å². The number of hydrogen-bond donors (Lipinski definition) is 1.